The summed E-state index contributed by atoms with van der Waals surface area (Å²) in [5.41, 5.74) is 0.0881. The van der Waals surface area contributed by atoms with Gasteiger partial charge < -0.3 is 10.4 Å². The molecule has 1 saturated carbocycles. The number of carbonyl (C=O) groups is 2. The number of nitrogens with one attached hydrogen (secondary N) is 1. The first kappa shape index (κ1) is 26.4. The van der Waals surface area contributed by atoms with Crippen molar-refractivity contribution < 1.29 is 27.5 Å². The summed E-state index contributed by atoms with van der Waals surface area (Å²) in [4.78, 5) is 25.8. The second-order valence-electron chi connectivity index (χ2n) is 10.8. The highest BCUT2D eigenvalue weighted by Crippen LogP contribution is 2.40. The maximum absolute atomic E-state index is 13.2. The lowest BCUT2D eigenvalue weighted by Crippen LogP contribution is -2.51. The Kier molecular flexibility index (Phi) is 7.92. The molecular formula is C24H36FN3O5S. The van der Waals surface area contributed by atoms with E-state index in [-0.39, 0.29) is 40.6 Å². The first-order chi connectivity index (χ1) is 15.8. The molecule has 1 saturated heterocycles. The van der Waals surface area contributed by atoms with Crippen molar-refractivity contribution in [2.24, 2.45) is 17.3 Å². The molecule has 10 heteroatoms. The number of carbonyl (C=O) groups excluding carboxylic acids is 1. The third kappa shape index (κ3) is 6.07. The second-order valence-corrected chi connectivity index (χ2v) is 12.7. The molecule has 2 amide bonds. The first-order valence-electron chi connectivity index (χ1n) is 11.8. The van der Waals surface area contributed by atoms with Crippen LogP contribution in [0.2, 0.25) is 0 Å². The van der Waals surface area contributed by atoms with Gasteiger partial charge in [-0.2, -0.15) is 4.31 Å². The van der Waals surface area contributed by atoms with Crippen molar-refractivity contribution in [3.8, 4) is 0 Å². The van der Waals surface area contributed by atoms with E-state index in [2.05, 4.69) is 26.1 Å². The molecule has 3 rings (SSSR count). The number of halogens is 1. The first-order valence-corrected chi connectivity index (χ1v) is 13.3. The summed E-state index contributed by atoms with van der Waals surface area (Å²) in [6, 6.07) is 3.79. The molecule has 4 atom stereocenters. The highest BCUT2D eigenvalue weighted by atomic mass is 32.2. The van der Waals surface area contributed by atoms with Crippen molar-refractivity contribution in [1.29, 1.82) is 0 Å². The van der Waals surface area contributed by atoms with E-state index in [1.807, 2.05) is 0 Å². The number of hydrogen-bond donors (Lipinski definition) is 2. The molecular weight excluding hydrogens is 461 g/mol. The fourth-order valence-corrected chi connectivity index (χ4v) is 6.63. The lowest BCUT2D eigenvalue weighted by atomic mass is 9.88. The Balaban J connectivity index is 1.66. The smallest absolute Gasteiger partial charge is 0.407 e. The molecule has 1 aromatic carbocycles. The molecule has 8 nitrogen and oxygen atoms in total. The minimum atomic E-state index is -3.75. The van der Waals surface area contributed by atoms with Crippen molar-refractivity contribution in [3.63, 3.8) is 0 Å². The number of likely N-dealkylation sites (N-methyl/N-ethyl adjacent to an activating group) is 1. The number of benzene rings is 1. The van der Waals surface area contributed by atoms with E-state index < -0.39 is 28.0 Å². The van der Waals surface area contributed by atoms with Crippen LogP contribution >= 0.6 is 0 Å². The number of fused-ring (bicyclic) bond motifs is 1. The average molecular weight is 498 g/mol. The summed E-state index contributed by atoms with van der Waals surface area (Å²) in [5.74, 6) is -0.741. The van der Waals surface area contributed by atoms with Crippen molar-refractivity contribution >= 4 is 22.0 Å². The van der Waals surface area contributed by atoms with Gasteiger partial charge in [0.05, 0.1) is 4.90 Å². The van der Waals surface area contributed by atoms with Gasteiger partial charge in [0.2, 0.25) is 15.9 Å². The van der Waals surface area contributed by atoms with E-state index in [4.69, 9.17) is 0 Å². The monoisotopic (exact) mass is 497 g/mol. The molecule has 1 heterocycles. The highest BCUT2D eigenvalue weighted by molar-refractivity contribution is 7.89. The molecule has 0 unspecified atom stereocenters. The Labute approximate surface area is 201 Å². The molecule has 0 bridgehead atoms. The summed E-state index contributed by atoms with van der Waals surface area (Å²) >= 11 is 0. The minimum Gasteiger partial charge on any atom is -0.465 e. The number of hydrogen-bond acceptors (Lipinski definition) is 4. The van der Waals surface area contributed by atoms with Crippen molar-refractivity contribution in [2.45, 2.75) is 69.9 Å². The predicted molar refractivity (Wildman–Crippen MR) is 126 cm³/mol. The Morgan fingerprint density at radius 3 is 2.44 bits per heavy atom. The number of amides is 2. The zero-order valence-electron chi connectivity index (χ0n) is 20.3. The summed E-state index contributed by atoms with van der Waals surface area (Å²) in [5, 5.41) is 12.5. The third-order valence-electron chi connectivity index (χ3n) is 7.08. The molecule has 2 fully saturated rings. The quantitative estimate of drug-likeness (QED) is 0.571. The molecule has 1 aromatic rings. The van der Waals surface area contributed by atoms with Crippen LogP contribution in [0.15, 0.2) is 29.2 Å². The van der Waals surface area contributed by atoms with Gasteiger partial charge in [-0.05, 0) is 67.2 Å². The van der Waals surface area contributed by atoms with Crippen LogP contribution in [-0.4, -0.2) is 67.0 Å². The summed E-state index contributed by atoms with van der Waals surface area (Å²) in [6.07, 6.45) is 2.38. The van der Waals surface area contributed by atoms with Crippen LogP contribution in [-0.2, 0) is 14.8 Å². The van der Waals surface area contributed by atoms with Gasteiger partial charge in [0.25, 0.3) is 0 Å². The minimum absolute atomic E-state index is 0.0375. The maximum atomic E-state index is 13.2. The van der Waals surface area contributed by atoms with E-state index in [1.165, 1.54) is 23.5 Å². The topological polar surface area (TPSA) is 107 Å². The van der Waals surface area contributed by atoms with Crippen LogP contribution in [0.25, 0.3) is 0 Å². The normalized spacial score (nSPS) is 24.0. The lowest BCUT2D eigenvalue weighted by Gasteiger charge is -2.29. The zero-order chi connectivity index (χ0) is 25.3. The van der Waals surface area contributed by atoms with E-state index in [0.717, 1.165) is 42.7 Å². The molecule has 34 heavy (non-hydrogen) atoms. The van der Waals surface area contributed by atoms with Crippen LogP contribution in [0.5, 0.6) is 0 Å². The number of rotatable bonds is 8. The molecule has 190 valence electrons. The molecule has 0 aromatic heterocycles. The van der Waals surface area contributed by atoms with Gasteiger partial charge in [-0.3, -0.25) is 9.69 Å². The summed E-state index contributed by atoms with van der Waals surface area (Å²) in [6.45, 7) is 6.95. The van der Waals surface area contributed by atoms with Gasteiger partial charge >= 0.3 is 6.09 Å². The average Bonchev–Trinajstić information content (AvgIpc) is 3.32. The van der Waals surface area contributed by atoms with Gasteiger partial charge in [-0.25, -0.2) is 17.6 Å². The van der Waals surface area contributed by atoms with Crippen LogP contribution in [0, 0.1) is 23.1 Å². The zero-order valence-corrected chi connectivity index (χ0v) is 21.1. The molecule has 1 aliphatic heterocycles. The van der Waals surface area contributed by atoms with Gasteiger partial charge in [-0.1, -0.05) is 27.2 Å². The highest BCUT2D eigenvalue weighted by Gasteiger charge is 2.47. The number of sulfonamides is 1. The lowest BCUT2D eigenvalue weighted by molar-refractivity contribution is -0.126. The molecule has 2 N–H and O–H groups in total. The van der Waals surface area contributed by atoms with Crippen LogP contribution in [0.3, 0.4) is 0 Å². The second kappa shape index (κ2) is 10.2. The van der Waals surface area contributed by atoms with Crippen LogP contribution in [0.1, 0.15) is 52.9 Å². The molecule has 0 radical (unpaired) electrons. The summed E-state index contributed by atoms with van der Waals surface area (Å²) in [7, 11) is -2.34. The van der Waals surface area contributed by atoms with E-state index in [0.29, 0.717) is 13.0 Å². The largest absolute Gasteiger partial charge is 0.465 e. The van der Waals surface area contributed by atoms with Gasteiger partial charge in [0.1, 0.15) is 11.9 Å². The van der Waals surface area contributed by atoms with E-state index in [1.54, 1.807) is 0 Å². The van der Waals surface area contributed by atoms with Crippen molar-refractivity contribution in [2.75, 3.05) is 20.1 Å². The van der Waals surface area contributed by atoms with E-state index in [9.17, 15) is 27.5 Å². The third-order valence-corrected chi connectivity index (χ3v) is 8.92. The predicted octanol–water partition coefficient (Wildman–Crippen LogP) is 3.54. The maximum Gasteiger partial charge on any atom is 0.407 e. The fraction of sp³-hybridized carbons (Fsp3) is 0.667. The van der Waals surface area contributed by atoms with Crippen LogP contribution < -0.4 is 5.32 Å². The van der Waals surface area contributed by atoms with Gasteiger partial charge in [0.15, 0.2) is 0 Å². The van der Waals surface area contributed by atoms with Crippen LogP contribution in [0.4, 0.5) is 9.18 Å². The Hall–Kier alpha value is -2.20. The Bertz CT molecular complexity index is 993. The molecule has 1 aliphatic carbocycles. The van der Waals surface area contributed by atoms with Crippen molar-refractivity contribution in [1.82, 2.24) is 14.5 Å². The SMILES string of the molecule is CN(C(=O)O)[C@@H](CCCC(C)(C)C)C(=O)N[C@@H]1CC[C@H]2CN(S(=O)(=O)c3ccc(F)cc3)C[C@H]21. The summed E-state index contributed by atoms with van der Waals surface area (Å²) < 4.78 is 40.7. The van der Waals surface area contributed by atoms with Gasteiger partial charge in [0, 0.05) is 26.2 Å². The van der Waals surface area contributed by atoms with E-state index >= 15 is 0 Å². The standard InChI is InChI=1S/C24H36FN3O5S/c1-24(2,3)13-5-6-21(27(4)23(30)31)22(29)26-20-12-7-16-14-28(15-19(16)20)34(32,33)18-10-8-17(25)9-11-18/h8-11,16,19-21H,5-7,12-15H2,1-4H3,(H,26,29)(H,30,31)/t16-,19+,20+,21-/m0/s1. The number of carboxylic acid groups (broad SMARTS) is 1. The Morgan fingerprint density at radius 1 is 1.21 bits per heavy atom. The van der Waals surface area contributed by atoms with Crippen molar-refractivity contribution in [3.05, 3.63) is 30.1 Å². The van der Waals surface area contributed by atoms with Gasteiger partial charge in [-0.15, -0.1) is 0 Å². The Morgan fingerprint density at radius 2 is 1.85 bits per heavy atom. The molecule has 0 spiro atoms. The fourth-order valence-electron chi connectivity index (χ4n) is 5.09. The molecule has 2 aliphatic rings. The number of nitrogens with zero attached hydrogens (tertiary/aromatic N) is 2.